The van der Waals surface area contributed by atoms with Crippen molar-refractivity contribution in [1.82, 2.24) is 5.32 Å². The molecule has 0 aromatic heterocycles. The first kappa shape index (κ1) is 20.7. The van der Waals surface area contributed by atoms with Crippen molar-refractivity contribution in [1.29, 1.82) is 0 Å². The van der Waals surface area contributed by atoms with E-state index in [4.69, 9.17) is 9.47 Å². The maximum atomic E-state index is 11.6. The number of anilines is 1. The van der Waals surface area contributed by atoms with E-state index >= 15 is 0 Å². The first-order valence-corrected chi connectivity index (χ1v) is 7.28. The molecule has 6 heteroatoms. The fraction of sp³-hybridized carbons (Fsp3) is 0.562. The number of carbonyl (C=O) groups excluding carboxylic acids is 1. The summed E-state index contributed by atoms with van der Waals surface area (Å²) >= 11 is 0. The second-order valence-electron chi connectivity index (χ2n) is 5.23. The molecule has 0 unspecified atom stereocenters. The van der Waals surface area contributed by atoms with Gasteiger partial charge in [0.15, 0.2) is 0 Å². The van der Waals surface area contributed by atoms with E-state index in [0.29, 0.717) is 25.7 Å². The summed E-state index contributed by atoms with van der Waals surface area (Å²) in [5.74, 6) is 0.793. The van der Waals surface area contributed by atoms with Gasteiger partial charge in [-0.25, -0.2) is 0 Å². The van der Waals surface area contributed by atoms with E-state index in [-0.39, 0.29) is 18.3 Å². The van der Waals surface area contributed by atoms with Crippen LogP contribution in [0.3, 0.4) is 0 Å². The van der Waals surface area contributed by atoms with Crippen molar-refractivity contribution < 1.29 is 14.3 Å². The lowest BCUT2D eigenvalue weighted by Crippen LogP contribution is -2.27. The van der Waals surface area contributed by atoms with E-state index in [9.17, 15) is 4.79 Å². The highest BCUT2D eigenvalue weighted by molar-refractivity contribution is 5.90. The van der Waals surface area contributed by atoms with E-state index in [2.05, 4.69) is 24.5 Å². The van der Waals surface area contributed by atoms with Crippen molar-refractivity contribution in [2.45, 2.75) is 33.2 Å². The molecular formula is C16H27ClN2O3. The molecule has 0 aliphatic rings. The third-order valence-electron chi connectivity index (χ3n) is 2.90. The van der Waals surface area contributed by atoms with Gasteiger partial charge >= 0.3 is 0 Å². The maximum Gasteiger partial charge on any atom is 0.226 e. The zero-order valence-corrected chi connectivity index (χ0v) is 14.6. The van der Waals surface area contributed by atoms with Crippen LogP contribution >= 0.6 is 12.4 Å². The highest BCUT2D eigenvalue weighted by Gasteiger charge is 2.05. The number of methoxy groups -OCH3 is 1. The van der Waals surface area contributed by atoms with Gasteiger partial charge in [-0.15, -0.1) is 12.4 Å². The maximum absolute atomic E-state index is 11.6. The Morgan fingerprint density at radius 2 is 2.00 bits per heavy atom. The van der Waals surface area contributed by atoms with Crippen molar-refractivity contribution in [2.24, 2.45) is 0 Å². The second kappa shape index (κ2) is 11.3. The number of benzene rings is 1. The lowest BCUT2D eigenvalue weighted by Gasteiger charge is -2.13. The smallest absolute Gasteiger partial charge is 0.226 e. The van der Waals surface area contributed by atoms with Crippen LogP contribution in [0.4, 0.5) is 5.69 Å². The molecule has 5 nitrogen and oxygen atoms in total. The molecule has 0 fully saturated rings. The fourth-order valence-electron chi connectivity index (χ4n) is 1.82. The Morgan fingerprint density at radius 1 is 1.27 bits per heavy atom. The molecule has 0 aliphatic heterocycles. The molecule has 2 N–H and O–H groups in total. The molecule has 0 spiro atoms. The first-order valence-electron chi connectivity index (χ1n) is 7.28. The number of aryl methyl sites for hydroxylation is 1. The number of rotatable bonds is 9. The molecule has 22 heavy (non-hydrogen) atoms. The van der Waals surface area contributed by atoms with Gasteiger partial charge in [0.1, 0.15) is 12.4 Å². The van der Waals surface area contributed by atoms with E-state index in [1.807, 2.05) is 25.1 Å². The number of halogens is 1. The summed E-state index contributed by atoms with van der Waals surface area (Å²) in [6.07, 6.45) is 0.356. The number of carbonyl (C=O) groups is 1. The molecule has 1 rings (SSSR count). The lowest BCUT2D eigenvalue weighted by atomic mass is 10.2. The van der Waals surface area contributed by atoms with E-state index in [1.165, 1.54) is 0 Å². The largest absolute Gasteiger partial charge is 0.492 e. The number of ether oxygens (including phenoxy) is 2. The quantitative estimate of drug-likeness (QED) is 0.684. The molecule has 0 saturated heterocycles. The standard InChI is InChI=1S/C16H26N2O3.ClH/c1-12(2)17-8-10-21-15-6-5-14(11-13(15)3)18-16(19)7-9-20-4;/h5-6,11-12,17H,7-10H2,1-4H3,(H,18,19);1H. The number of hydrogen-bond acceptors (Lipinski definition) is 4. The van der Waals surface area contributed by atoms with Gasteiger partial charge < -0.3 is 20.1 Å². The molecule has 0 saturated carbocycles. The van der Waals surface area contributed by atoms with Crippen molar-refractivity contribution in [2.75, 3.05) is 32.2 Å². The third kappa shape index (κ3) is 8.22. The average molecular weight is 331 g/mol. The highest BCUT2D eigenvalue weighted by atomic mass is 35.5. The molecule has 1 aromatic rings. The average Bonchev–Trinajstić information content (AvgIpc) is 2.43. The van der Waals surface area contributed by atoms with Gasteiger partial charge in [-0.3, -0.25) is 4.79 Å². The Balaban J connectivity index is 0.00000441. The van der Waals surface area contributed by atoms with E-state index in [1.54, 1.807) is 7.11 Å². The van der Waals surface area contributed by atoms with E-state index < -0.39 is 0 Å². The zero-order chi connectivity index (χ0) is 15.7. The van der Waals surface area contributed by atoms with Crippen LogP contribution in [0.25, 0.3) is 0 Å². The molecule has 0 radical (unpaired) electrons. The van der Waals surface area contributed by atoms with Gasteiger partial charge in [0.25, 0.3) is 0 Å². The van der Waals surface area contributed by atoms with Gasteiger partial charge in [-0.05, 0) is 30.7 Å². The van der Waals surface area contributed by atoms with Gasteiger partial charge in [-0.1, -0.05) is 13.8 Å². The Bertz CT molecular complexity index is 453. The predicted molar refractivity (Wildman–Crippen MR) is 92.2 cm³/mol. The minimum absolute atomic E-state index is 0. The Kier molecular flexibility index (Phi) is 10.6. The van der Waals surface area contributed by atoms with Crippen LogP contribution in [-0.4, -0.2) is 38.8 Å². The van der Waals surface area contributed by atoms with Gasteiger partial charge in [0.05, 0.1) is 13.0 Å². The summed E-state index contributed by atoms with van der Waals surface area (Å²) in [6, 6.07) is 6.11. The Morgan fingerprint density at radius 3 is 2.59 bits per heavy atom. The SMILES string of the molecule is COCCC(=O)Nc1ccc(OCCNC(C)C)c(C)c1.Cl. The number of hydrogen-bond donors (Lipinski definition) is 2. The van der Waals surface area contributed by atoms with Crippen LogP contribution < -0.4 is 15.4 Å². The van der Waals surface area contributed by atoms with Crippen LogP contribution in [0.5, 0.6) is 5.75 Å². The third-order valence-corrected chi connectivity index (χ3v) is 2.90. The topological polar surface area (TPSA) is 59.6 Å². The van der Waals surface area contributed by atoms with Crippen LogP contribution in [-0.2, 0) is 9.53 Å². The molecule has 1 amide bonds. The van der Waals surface area contributed by atoms with Crippen LogP contribution in [0, 0.1) is 6.92 Å². The van der Waals surface area contributed by atoms with Gasteiger partial charge in [0.2, 0.25) is 5.91 Å². The molecule has 0 heterocycles. The number of amides is 1. The summed E-state index contributed by atoms with van der Waals surface area (Å²) in [7, 11) is 1.58. The molecule has 0 aliphatic carbocycles. The van der Waals surface area contributed by atoms with Crippen LogP contribution in [0.1, 0.15) is 25.8 Å². The van der Waals surface area contributed by atoms with Crippen molar-refractivity contribution >= 4 is 24.0 Å². The Hall–Kier alpha value is -1.30. The van der Waals surface area contributed by atoms with Crippen molar-refractivity contribution in [3.05, 3.63) is 23.8 Å². The van der Waals surface area contributed by atoms with Crippen LogP contribution in [0.15, 0.2) is 18.2 Å². The van der Waals surface area contributed by atoms with Gasteiger partial charge in [0, 0.05) is 25.4 Å². The Labute approximate surface area is 139 Å². The van der Waals surface area contributed by atoms with Gasteiger partial charge in [-0.2, -0.15) is 0 Å². The predicted octanol–water partition coefficient (Wildman–Crippen LogP) is 2.77. The number of nitrogens with one attached hydrogen (secondary N) is 2. The minimum atomic E-state index is -0.0500. The van der Waals surface area contributed by atoms with Crippen molar-refractivity contribution in [3.63, 3.8) is 0 Å². The van der Waals surface area contributed by atoms with Crippen LogP contribution in [0.2, 0.25) is 0 Å². The monoisotopic (exact) mass is 330 g/mol. The summed E-state index contributed by atoms with van der Waals surface area (Å²) in [5, 5.41) is 6.14. The molecule has 1 aromatic carbocycles. The summed E-state index contributed by atoms with van der Waals surface area (Å²) < 4.78 is 10.6. The first-order chi connectivity index (χ1) is 10.0. The van der Waals surface area contributed by atoms with E-state index in [0.717, 1.165) is 23.5 Å². The van der Waals surface area contributed by atoms with Crippen molar-refractivity contribution in [3.8, 4) is 5.75 Å². The summed E-state index contributed by atoms with van der Waals surface area (Å²) in [5.41, 5.74) is 1.78. The molecule has 0 atom stereocenters. The molecule has 126 valence electrons. The molecule has 0 bridgehead atoms. The lowest BCUT2D eigenvalue weighted by molar-refractivity contribution is -0.117. The molecular weight excluding hydrogens is 304 g/mol. The second-order valence-corrected chi connectivity index (χ2v) is 5.23. The minimum Gasteiger partial charge on any atom is -0.492 e. The normalized spacial score (nSPS) is 10.2. The fourth-order valence-corrected chi connectivity index (χ4v) is 1.82. The summed E-state index contributed by atoms with van der Waals surface area (Å²) in [4.78, 5) is 11.6. The summed E-state index contributed by atoms with van der Waals surface area (Å²) in [6.45, 7) is 8.04. The highest BCUT2D eigenvalue weighted by Crippen LogP contribution is 2.21. The zero-order valence-electron chi connectivity index (χ0n) is 13.8.